The summed E-state index contributed by atoms with van der Waals surface area (Å²) in [6, 6.07) is 25.6. The van der Waals surface area contributed by atoms with Gasteiger partial charge in [-0.15, -0.1) is 0 Å². The Kier molecular flexibility index (Phi) is 10.5. The van der Waals surface area contributed by atoms with Crippen LogP contribution in [0.15, 0.2) is 91.0 Å². The Labute approximate surface area is 229 Å². The normalized spacial score (nSPS) is 12.9. The first-order valence-electron chi connectivity index (χ1n) is 13.4. The van der Waals surface area contributed by atoms with Gasteiger partial charge in [-0.25, -0.2) is 0 Å². The van der Waals surface area contributed by atoms with Gasteiger partial charge in [0.1, 0.15) is 18.1 Å². The van der Waals surface area contributed by atoms with Crippen molar-refractivity contribution in [2.75, 3.05) is 7.11 Å². The van der Waals surface area contributed by atoms with Crippen LogP contribution in [-0.2, 0) is 11.0 Å². The molecule has 4 nitrogen and oxygen atoms in total. The van der Waals surface area contributed by atoms with Gasteiger partial charge >= 0.3 is 0 Å². The molecular weight excluding hydrogens is 488 g/mol. The van der Waals surface area contributed by atoms with Crippen LogP contribution in [0.1, 0.15) is 67.6 Å². The summed E-state index contributed by atoms with van der Waals surface area (Å²) < 4.78 is 18.0. The van der Waals surface area contributed by atoms with Crippen molar-refractivity contribution in [2.24, 2.45) is 0 Å². The largest absolute Gasteiger partial charge is 0.497 e. The number of allylic oxidation sites excluding steroid dienone is 2. The van der Waals surface area contributed by atoms with Gasteiger partial charge in [0.2, 0.25) is 0 Å². The van der Waals surface area contributed by atoms with Crippen LogP contribution in [0.4, 0.5) is 0 Å². The molecule has 0 bridgehead atoms. The molecule has 0 spiro atoms. The second kappa shape index (κ2) is 13.6. The van der Waals surface area contributed by atoms with E-state index in [0.717, 1.165) is 36.3 Å². The van der Waals surface area contributed by atoms with Crippen molar-refractivity contribution in [3.8, 4) is 11.5 Å². The number of ether oxygens (including phenoxy) is 2. The molecule has 0 aliphatic heterocycles. The lowest BCUT2D eigenvalue weighted by Crippen LogP contribution is -2.41. The summed E-state index contributed by atoms with van der Waals surface area (Å²) in [6.07, 6.45) is 6.31. The highest BCUT2D eigenvalue weighted by Crippen LogP contribution is 2.41. The van der Waals surface area contributed by atoms with E-state index in [4.69, 9.17) is 13.9 Å². The molecule has 3 aromatic rings. The average Bonchev–Trinajstić information content (AvgIpc) is 2.91. The Morgan fingerprint density at radius 3 is 2.13 bits per heavy atom. The van der Waals surface area contributed by atoms with E-state index in [9.17, 15) is 4.79 Å². The molecule has 0 saturated carbocycles. The van der Waals surface area contributed by atoms with E-state index < -0.39 is 8.32 Å². The molecule has 3 rings (SSSR count). The van der Waals surface area contributed by atoms with Gasteiger partial charge in [-0.2, -0.15) is 0 Å². The topological polar surface area (TPSA) is 44.8 Å². The van der Waals surface area contributed by atoms with Crippen molar-refractivity contribution < 1.29 is 18.7 Å². The van der Waals surface area contributed by atoms with E-state index in [2.05, 4.69) is 46.0 Å². The van der Waals surface area contributed by atoms with Gasteiger partial charge in [0.15, 0.2) is 14.1 Å². The maximum Gasteiger partial charge on any atom is 0.192 e. The van der Waals surface area contributed by atoms with E-state index in [-0.39, 0.29) is 16.9 Å². The number of carbonyl (C=O) groups excluding carboxylic acids is 1. The molecule has 0 N–H and O–H groups in total. The van der Waals surface area contributed by atoms with Crippen molar-refractivity contribution in [3.63, 3.8) is 0 Å². The van der Waals surface area contributed by atoms with Crippen LogP contribution in [0.5, 0.6) is 11.5 Å². The zero-order valence-electron chi connectivity index (χ0n) is 23.7. The number of ketones is 1. The highest BCUT2D eigenvalue weighted by Gasteiger charge is 2.39. The number of unbranched alkanes of at least 4 members (excludes halogenated alkanes) is 1. The Hall–Kier alpha value is -3.15. The molecule has 202 valence electrons. The minimum Gasteiger partial charge on any atom is -0.497 e. The van der Waals surface area contributed by atoms with E-state index in [1.165, 1.54) is 5.56 Å². The van der Waals surface area contributed by atoms with Gasteiger partial charge in [0.05, 0.1) is 13.2 Å². The Morgan fingerprint density at radius 1 is 0.895 bits per heavy atom. The maximum atomic E-state index is 12.7. The second-order valence-electron chi connectivity index (χ2n) is 11.1. The maximum absolute atomic E-state index is 12.7. The highest BCUT2D eigenvalue weighted by molar-refractivity contribution is 6.74. The molecule has 0 saturated heterocycles. The Morgan fingerprint density at radius 2 is 1.53 bits per heavy atom. The van der Waals surface area contributed by atoms with E-state index >= 15 is 0 Å². The molecule has 3 aromatic carbocycles. The van der Waals surface area contributed by atoms with Crippen molar-refractivity contribution in [3.05, 3.63) is 108 Å². The molecule has 0 aliphatic rings. The van der Waals surface area contributed by atoms with Crippen molar-refractivity contribution in [1.29, 1.82) is 0 Å². The smallest absolute Gasteiger partial charge is 0.192 e. The summed E-state index contributed by atoms with van der Waals surface area (Å²) in [6.45, 7) is 11.9. The fraction of sp³-hybridized carbons (Fsp3) is 0.364. The van der Waals surface area contributed by atoms with E-state index in [0.29, 0.717) is 12.2 Å². The summed E-state index contributed by atoms with van der Waals surface area (Å²) in [4.78, 5) is 12.7. The second-order valence-corrected chi connectivity index (χ2v) is 15.9. The quantitative estimate of drug-likeness (QED) is 0.0957. The summed E-state index contributed by atoms with van der Waals surface area (Å²) in [7, 11) is -0.266. The van der Waals surface area contributed by atoms with Crippen LogP contribution in [0.3, 0.4) is 0 Å². The predicted octanol–water partition coefficient (Wildman–Crippen LogP) is 8.95. The van der Waals surface area contributed by atoms with Gasteiger partial charge < -0.3 is 13.9 Å². The summed E-state index contributed by atoms with van der Waals surface area (Å²) >= 11 is 0. The summed E-state index contributed by atoms with van der Waals surface area (Å²) in [5.41, 5.74) is 2.94. The lowest BCUT2D eigenvalue weighted by molar-refractivity contribution is 0.104. The molecule has 0 amide bonds. The molecule has 0 radical (unpaired) electrons. The zero-order chi connectivity index (χ0) is 27.6. The zero-order valence-corrected chi connectivity index (χ0v) is 24.7. The third-order valence-electron chi connectivity index (χ3n) is 7.22. The SMILES string of the molecule is COc1ccc([C@H](CCC/C=C/C(=O)c2ccc(OCc3ccccc3)cc2)O[Si](C)(C)C(C)(C)C)cc1. The number of carbonyl (C=O) groups is 1. The number of hydrogen-bond acceptors (Lipinski definition) is 4. The molecule has 0 unspecified atom stereocenters. The first kappa shape index (κ1) is 29.4. The van der Waals surface area contributed by atoms with Gasteiger partial charge in [-0.1, -0.05) is 69.3 Å². The number of benzene rings is 3. The van der Waals surface area contributed by atoms with Crippen molar-refractivity contribution >= 4 is 14.1 Å². The average molecular weight is 531 g/mol. The van der Waals surface area contributed by atoms with Crippen molar-refractivity contribution in [1.82, 2.24) is 0 Å². The lowest BCUT2D eigenvalue weighted by Gasteiger charge is -2.39. The van der Waals surface area contributed by atoms with Crippen LogP contribution in [0.25, 0.3) is 0 Å². The van der Waals surface area contributed by atoms with Crippen LogP contribution < -0.4 is 9.47 Å². The van der Waals surface area contributed by atoms with E-state index in [1.54, 1.807) is 13.2 Å². The fourth-order valence-electron chi connectivity index (χ4n) is 3.81. The Balaban J connectivity index is 1.53. The van der Waals surface area contributed by atoms with Gasteiger partial charge in [-0.3, -0.25) is 4.79 Å². The third-order valence-corrected chi connectivity index (χ3v) is 11.7. The third kappa shape index (κ3) is 8.71. The highest BCUT2D eigenvalue weighted by atomic mass is 28.4. The molecule has 0 fully saturated rings. The van der Waals surface area contributed by atoms with Crippen LogP contribution in [-0.4, -0.2) is 21.2 Å². The van der Waals surface area contributed by atoms with Crippen LogP contribution in [0.2, 0.25) is 18.1 Å². The molecule has 0 aromatic heterocycles. The number of hydrogen-bond donors (Lipinski definition) is 0. The minimum absolute atomic E-state index is 0.00355. The first-order chi connectivity index (χ1) is 18.1. The molecule has 5 heteroatoms. The number of methoxy groups -OCH3 is 1. The van der Waals surface area contributed by atoms with Crippen LogP contribution in [0, 0.1) is 0 Å². The summed E-state index contributed by atoms with van der Waals surface area (Å²) in [5, 5.41) is 0.131. The molecule has 0 aliphatic carbocycles. The van der Waals surface area contributed by atoms with Gasteiger partial charge in [-0.05, 0) is 91.0 Å². The molecule has 0 heterocycles. The minimum atomic E-state index is -1.95. The first-order valence-corrected chi connectivity index (χ1v) is 16.3. The molecule has 38 heavy (non-hydrogen) atoms. The summed E-state index contributed by atoms with van der Waals surface area (Å²) in [5.74, 6) is 1.60. The molecule has 1 atom stereocenters. The van der Waals surface area contributed by atoms with Crippen LogP contribution >= 0.6 is 0 Å². The predicted molar refractivity (Wildman–Crippen MR) is 159 cm³/mol. The van der Waals surface area contributed by atoms with Gasteiger partial charge in [0, 0.05) is 5.56 Å². The van der Waals surface area contributed by atoms with Gasteiger partial charge in [0.25, 0.3) is 0 Å². The lowest BCUT2D eigenvalue weighted by atomic mass is 10.0. The Bertz CT molecular complexity index is 1160. The number of rotatable bonds is 13. The van der Waals surface area contributed by atoms with Crippen molar-refractivity contribution in [2.45, 2.75) is 70.9 Å². The standard InChI is InChI=1S/C33H42O4Si/c1-33(2,3)38(5,6)37-32(28-19-21-29(35-4)22-20-28)16-12-8-11-15-31(34)27-17-23-30(24-18-27)36-25-26-13-9-7-10-14-26/h7,9-11,13-15,17-24,32H,8,12,16,25H2,1-6H3/b15-11+/t32-/m0/s1. The fourth-order valence-corrected chi connectivity index (χ4v) is 5.13. The van der Waals surface area contributed by atoms with E-state index in [1.807, 2.05) is 72.8 Å². The monoisotopic (exact) mass is 530 g/mol. The molecular formula is C33H42O4Si.